The van der Waals surface area contributed by atoms with Gasteiger partial charge in [0.1, 0.15) is 0 Å². The third-order valence-corrected chi connectivity index (χ3v) is 1.51. The van der Waals surface area contributed by atoms with Crippen molar-refractivity contribution in [3.63, 3.8) is 0 Å². The lowest BCUT2D eigenvalue weighted by Gasteiger charge is -1.94. The number of allylic oxidation sites excluding steroid dienone is 1. The van der Waals surface area contributed by atoms with E-state index in [1.165, 1.54) is 18.9 Å². The van der Waals surface area contributed by atoms with Gasteiger partial charge in [0, 0.05) is 6.08 Å². The average Bonchev–Trinajstić information content (AvgIpc) is 2.05. The summed E-state index contributed by atoms with van der Waals surface area (Å²) < 4.78 is 4.72. The van der Waals surface area contributed by atoms with Crippen LogP contribution < -0.4 is 0 Å². The maximum absolute atomic E-state index is 10.8. The van der Waals surface area contributed by atoms with Gasteiger partial charge in [0.05, 0.1) is 6.61 Å². The predicted molar refractivity (Wildman–Crippen MR) is 49.9 cm³/mol. The highest BCUT2D eigenvalue weighted by Gasteiger charge is 1.91. The van der Waals surface area contributed by atoms with E-state index in [1.807, 2.05) is 13.0 Å². The Bertz CT molecular complexity index is 139. The maximum atomic E-state index is 10.8. The van der Waals surface area contributed by atoms with E-state index in [4.69, 9.17) is 4.74 Å². The number of rotatable bonds is 6. The Kier molecular flexibility index (Phi) is 7.76. The van der Waals surface area contributed by atoms with Gasteiger partial charge in [0.2, 0.25) is 0 Å². The highest BCUT2D eigenvalue weighted by molar-refractivity contribution is 5.81. The quantitative estimate of drug-likeness (QED) is 0.348. The number of esters is 1. The van der Waals surface area contributed by atoms with Crippen LogP contribution in [0.15, 0.2) is 12.2 Å². The average molecular weight is 170 g/mol. The molecule has 0 heterocycles. The number of hydrogen-bond acceptors (Lipinski definition) is 2. The summed E-state index contributed by atoms with van der Waals surface area (Å²) in [4.78, 5) is 10.8. The van der Waals surface area contributed by atoms with E-state index in [0.29, 0.717) is 6.61 Å². The Labute approximate surface area is 74.6 Å². The number of hydrogen-bond donors (Lipinski definition) is 0. The summed E-state index contributed by atoms with van der Waals surface area (Å²) in [6.07, 6.45) is 7.98. The Morgan fingerprint density at radius 2 is 2.08 bits per heavy atom. The molecule has 0 radical (unpaired) electrons. The molecule has 2 heteroatoms. The number of ether oxygens (including phenoxy) is 1. The molecule has 0 spiro atoms. The van der Waals surface area contributed by atoms with Gasteiger partial charge in [0.15, 0.2) is 0 Å². The predicted octanol–water partition coefficient (Wildman–Crippen LogP) is 2.69. The summed E-state index contributed by atoms with van der Waals surface area (Å²) in [5.41, 5.74) is 0. The lowest BCUT2D eigenvalue weighted by atomic mass is 10.2. The molecule has 2 nitrogen and oxygen atoms in total. The van der Waals surface area contributed by atoms with Crippen LogP contribution in [0, 0.1) is 0 Å². The van der Waals surface area contributed by atoms with E-state index in [-0.39, 0.29) is 5.97 Å². The minimum absolute atomic E-state index is 0.228. The molecule has 0 rings (SSSR count). The number of carbonyl (C=O) groups excluding carboxylic acids is 1. The molecule has 70 valence electrons. The molecule has 0 bridgehead atoms. The lowest BCUT2D eigenvalue weighted by Crippen LogP contribution is -1.98. The van der Waals surface area contributed by atoms with E-state index in [2.05, 4.69) is 6.92 Å². The zero-order chi connectivity index (χ0) is 9.23. The van der Waals surface area contributed by atoms with Crippen LogP contribution in [0.2, 0.25) is 0 Å². The lowest BCUT2D eigenvalue weighted by molar-refractivity contribution is -0.137. The molecule has 0 unspecified atom stereocenters. The minimum Gasteiger partial charge on any atom is -0.463 e. The largest absolute Gasteiger partial charge is 0.463 e. The first-order valence-electron chi connectivity index (χ1n) is 4.64. The molecule has 0 aliphatic carbocycles. The summed E-state index contributed by atoms with van der Waals surface area (Å²) in [5.74, 6) is -0.228. The summed E-state index contributed by atoms with van der Waals surface area (Å²) in [6.45, 7) is 4.43. The van der Waals surface area contributed by atoms with Crippen molar-refractivity contribution in [1.82, 2.24) is 0 Å². The second-order valence-electron chi connectivity index (χ2n) is 2.65. The van der Waals surface area contributed by atoms with Crippen LogP contribution in [0.25, 0.3) is 0 Å². The molecule has 0 N–H and O–H groups in total. The monoisotopic (exact) mass is 170 g/mol. The maximum Gasteiger partial charge on any atom is 0.330 e. The Balaban J connectivity index is 3.29. The second kappa shape index (κ2) is 8.31. The Morgan fingerprint density at radius 3 is 2.67 bits per heavy atom. The van der Waals surface area contributed by atoms with Gasteiger partial charge in [-0.15, -0.1) is 0 Å². The van der Waals surface area contributed by atoms with Crippen LogP contribution >= 0.6 is 0 Å². The van der Waals surface area contributed by atoms with Crippen LogP contribution in [0.5, 0.6) is 0 Å². The first-order valence-corrected chi connectivity index (χ1v) is 4.64. The van der Waals surface area contributed by atoms with E-state index >= 15 is 0 Å². The number of unbranched alkanes of at least 4 members (excludes halogenated alkanes) is 3. The molecule has 0 aliphatic heterocycles. The molecule has 12 heavy (non-hydrogen) atoms. The Morgan fingerprint density at radius 1 is 1.33 bits per heavy atom. The molecule has 0 aliphatic rings. The summed E-state index contributed by atoms with van der Waals surface area (Å²) >= 11 is 0. The molecule has 0 saturated heterocycles. The normalized spacial score (nSPS) is 10.5. The SMILES string of the molecule is CCCCCC=CC(=O)OCC. The summed E-state index contributed by atoms with van der Waals surface area (Å²) in [6, 6.07) is 0. The molecule has 0 aromatic carbocycles. The molecule has 0 amide bonds. The first kappa shape index (κ1) is 11.2. The molecule has 0 fully saturated rings. The van der Waals surface area contributed by atoms with Gasteiger partial charge in [-0.05, 0) is 19.8 Å². The van der Waals surface area contributed by atoms with Crippen LogP contribution in [0.1, 0.15) is 39.5 Å². The molecule has 0 aromatic heterocycles. The van der Waals surface area contributed by atoms with Gasteiger partial charge in [-0.2, -0.15) is 0 Å². The highest BCUT2D eigenvalue weighted by Crippen LogP contribution is 1.99. The second-order valence-corrected chi connectivity index (χ2v) is 2.65. The van der Waals surface area contributed by atoms with Gasteiger partial charge in [-0.1, -0.05) is 25.8 Å². The molecular formula is C10H18O2. The van der Waals surface area contributed by atoms with E-state index in [0.717, 1.165) is 12.8 Å². The summed E-state index contributed by atoms with van der Waals surface area (Å²) in [5, 5.41) is 0. The van der Waals surface area contributed by atoms with Crippen LogP contribution in [0.4, 0.5) is 0 Å². The van der Waals surface area contributed by atoms with Gasteiger partial charge < -0.3 is 4.74 Å². The molecule has 0 saturated carbocycles. The standard InChI is InChI=1S/C10H18O2/c1-3-5-6-7-8-9-10(11)12-4-2/h8-9H,3-7H2,1-2H3. The molecular weight excluding hydrogens is 152 g/mol. The van der Waals surface area contributed by atoms with Gasteiger partial charge >= 0.3 is 5.97 Å². The van der Waals surface area contributed by atoms with Crippen molar-refractivity contribution in [3.8, 4) is 0 Å². The van der Waals surface area contributed by atoms with Crippen LogP contribution in [0.3, 0.4) is 0 Å². The van der Waals surface area contributed by atoms with Gasteiger partial charge in [-0.3, -0.25) is 0 Å². The summed E-state index contributed by atoms with van der Waals surface area (Å²) in [7, 11) is 0. The minimum atomic E-state index is -0.228. The number of carbonyl (C=O) groups is 1. The van der Waals surface area contributed by atoms with Gasteiger partial charge in [0.25, 0.3) is 0 Å². The fraction of sp³-hybridized carbons (Fsp3) is 0.700. The fourth-order valence-corrected chi connectivity index (χ4v) is 0.882. The van der Waals surface area contributed by atoms with Crippen molar-refractivity contribution in [2.24, 2.45) is 0 Å². The van der Waals surface area contributed by atoms with E-state index in [9.17, 15) is 4.79 Å². The van der Waals surface area contributed by atoms with Crippen molar-refractivity contribution >= 4 is 5.97 Å². The third-order valence-electron chi connectivity index (χ3n) is 1.51. The first-order chi connectivity index (χ1) is 5.81. The molecule has 0 atom stereocenters. The van der Waals surface area contributed by atoms with Crippen molar-refractivity contribution in [3.05, 3.63) is 12.2 Å². The van der Waals surface area contributed by atoms with Crippen molar-refractivity contribution in [2.75, 3.05) is 6.61 Å². The van der Waals surface area contributed by atoms with Crippen molar-refractivity contribution in [1.29, 1.82) is 0 Å². The third kappa shape index (κ3) is 7.32. The van der Waals surface area contributed by atoms with Crippen LogP contribution in [-0.2, 0) is 9.53 Å². The van der Waals surface area contributed by atoms with E-state index < -0.39 is 0 Å². The fourth-order valence-electron chi connectivity index (χ4n) is 0.882. The van der Waals surface area contributed by atoms with Gasteiger partial charge in [-0.25, -0.2) is 4.79 Å². The van der Waals surface area contributed by atoms with E-state index in [1.54, 1.807) is 0 Å². The zero-order valence-electron chi connectivity index (χ0n) is 8.01. The smallest absolute Gasteiger partial charge is 0.330 e. The topological polar surface area (TPSA) is 26.3 Å². The molecule has 0 aromatic rings. The highest BCUT2D eigenvalue weighted by atomic mass is 16.5. The van der Waals surface area contributed by atoms with Crippen molar-refractivity contribution in [2.45, 2.75) is 39.5 Å². The zero-order valence-corrected chi connectivity index (χ0v) is 8.01. The van der Waals surface area contributed by atoms with Crippen LogP contribution in [-0.4, -0.2) is 12.6 Å². The van der Waals surface area contributed by atoms with Crippen molar-refractivity contribution < 1.29 is 9.53 Å². The Hall–Kier alpha value is -0.790.